The summed E-state index contributed by atoms with van der Waals surface area (Å²) in [5.74, 6) is 0.525. The lowest BCUT2D eigenvalue weighted by Gasteiger charge is -2.26. The van der Waals surface area contributed by atoms with Crippen LogP contribution < -0.4 is 5.32 Å². The number of carbonyl (C=O) groups is 1. The molecule has 0 bridgehead atoms. The van der Waals surface area contributed by atoms with Crippen molar-refractivity contribution in [3.63, 3.8) is 0 Å². The fraction of sp³-hybridized carbons (Fsp3) is 0.500. The first kappa shape index (κ1) is 18.5. The van der Waals surface area contributed by atoms with E-state index in [-0.39, 0.29) is 22.5 Å². The number of phenolic OH excluding ortho intramolecular Hbond substituents is 1. The summed E-state index contributed by atoms with van der Waals surface area (Å²) in [6, 6.07) is 4.00. The van der Waals surface area contributed by atoms with Gasteiger partial charge in [0.2, 0.25) is 5.91 Å². The third-order valence-electron chi connectivity index (χ3n) is 3.75. The Bertz CT molecular complexity index is 710. The molecule has 5 nitrogen and oxygen atoms in total. The van der Waals surface area contributed by atoms with Gasteiger partial charge in [0.1, 0.15) is 5.75 Å². The van der Waals surface area contributed by atoms with Crippen molar-refractivity contribution in [2.45, 2.75) is 52.4 Å². The number of rotatable bonds is 2. The number of phenols is 1. The Labute approximate surface area is 147 Å². The van der Waals surface area contributed by atoms with Crippen LogP contribution in [0.5, 0.6) is 5.75 Å². The van der Waals surface area contributed by atoms with E-state index in [4.69, 9.17) is 0 Å². The van der Waals surface area contributed by atoms with Gasteiger partial charge in [-0.1, -0.05) is 59.4 Å². The highest BCUT2D eigenvalue weighted by molar-refractivity contribution is 8.15. The highest BCUT2D eigenvalue weighted by atomic mass is 32.2. The lowest BCUT2D eigenvalue weighted by atomic mass is 9.79. The minimum absolute atomic E-state index is 0.0442. The lowest BCUT2D eigenvalue weighted by Crippen LogP contribution is -2.19. The molecule has 2 N–H and O–H groups in total. The van der Waals surface area contributed by atoms with Gasteiger partial charge in [-0.05, 0) is 22.5 Å². The minimum Gasteiger partial charge on any atom is -0.507 e. The van der Waals surface area contributed by atoms with Crippen molar-refractivity contribution in [2.75, 3.05) is 5.75 Å². The SMILES string of the molecule is CC(C)(C)c1cc(C=NN=C2NC(=O)CS2)c(O)c(C(C)(C)C)c1. The first-order chi connectivity index (χ1) is 11.0. The lowest BCUT2D eigenvalue weighted by molar-refractivity contribution is -0.116. The number of thioether (sulfide) groups is 1. The van der Waals surface area contributed by atoms with Crippen LogP contribution in [0, 0.1) is 0 Å². The second-order valence-corrected chi connectivity index (χ2v) is 8.91. The molecule has 1 aromatic rings. The molecule has 0 spiro atoms. The van der Waals surface area contributed by atoms with Gasteiger partial charge < -0.3 is 10.4 Å². The van der Waals surface area contributed by atoms with Crippen molar-refractivity contribution in [1.82, 2.24) is 5.32 Å². The maximum Gasteiger partial charge on any atom is 0.236 e. The van der Waals surface area contributed by atoms with E-state index in [1.165, 1.54) is 18.0 Å². The number of hydrogen-bond acceptors (Lipinski definition) is 5. The Morgan fingerprint density at radius 2 is 1.83 bits per heavy atom. The largest absolute Gasteiger partial charge is 0.507 e. The van der Waals surface area contributed by atoms with Gasteiger partial charge in [-0.15, -0.1) is 5.10 Å². The van der Waals surface area contributed by atoms with Crippen molar-refractivity contribution in [3.05, 3.63) is 28.8 Å². The number of carbonyl (C=O) groups excluding carboxylic acids is 1. The van der Waals surface area contributed by atoms with E-state index in [1.807, 2.05) is 6.07 Å². The zero-order valence-corrected chi connectivity index (χ0v) is 15.9. The number of aromatic hydroxyl groups is 1. The maximum absolute atomic E-state index is 11.1. The summed E-state index contributed by atoms with van der Waals surface area (Å²) < 4.78 is 0. The second kappa shape index (κ2) is 6.59. The smallest absolute Gasteiger partial charge is 0.236 e. The van der Waals surface area contributed by atoms with Crippen LogP contribution in [0.1, 0.15) is 58.2 Å². The van der Waals surface area contributed by atoms with Gasteiger partial charge in [-0.3, -0.25) is 4.79 Å². The Balaban J connectivity index is 2.43. The quantitative estimate of drug-likeness (QED) is 0.635. The highest BCUT2D eigenvalue weighted by Crippen LogP contribution is 2.37. The van der Waals surface area contributed by atoms with E-state index in [1.54, 1.807) is 0 Å². The average molecular weight is 347 g/mol. The molecule has 1 aromatic carbocycles. The molecule has 0 atom stereocenters. The Morgan fingerprint density at radius 3 is 2.33 bits per heavy atom. The number of hydrogen-bond donors (Lipinski definition) is 2. The standard InChI is InChI=1S/C18H25N3O2S/c1-17(2,3)12-7-11(15(23)13(8-12)18(4,5)6)9-19-21-16-20-14(22)10-24-16/h7-9,23H,10H2,1-6H3,(H,20,21,22). The summed E-state index contributed by atoms with van der Waals surface area (Å²) in [6.07, 6.45) is 1.54. The fourth-order valence-corrected chi connectivity index (χ4v) is 2.91. The van der Waals surface area contributed by atoms with Crippen molar-refractivity contribution >= 4 is 29.1 Å². The Morgan fingerprint density at radius 1 is 1.17 bits per heavy atom. The van der Waals surface area contributed by atoms with Gasteiger partial charge in [-0.2, -0.15) is 5.10 Å². The molecule has 0 radical (unpaired) electrons. The van der Waals surface area contributed by atoms with E-state index in [0.29, 0.717) is 16.5 Å². The normalized spacial score (nSPS) is 17.8. The van der Waals surface area contributed by atoms with Crippen LogP contribution in [0.25, 0.3) is 0 Å². The summed E-state index contributed by atoms with van der Waals surface area (Å²) in [5.41, 5.74) is 2.41. The van der Waals surface area contributed by atoms with Gasteiger partial charge in [0.25, 0.3) is 0 Å². The fourth-order valence-electron chi connectivity index (χ4n) is 2.28. The van der Waals surface area contributed by atoms with Crippen LogP contribution in [-0.2, 0) is 15.6 Å². The van der Waals surface area contributed by atoms with Crippen molar-refractivity contribution in [1.29, 1.82) is 0 Å². The van der Waals surface area contributed by atoms with Crippen LogP contribution in [0.15, 0.2) is 22.3 Å². The second-order valence-electron chi connectivity index (χ2n) is 7.95. The number of nitrogens with zero attached hydrogens (tertiary/aromatic N) is 2. The van der Waals surface area contributed by atoms with Gasteiger partial charge in [0.05, 0.1) is 12.0 Å². The van der Waals surface area contributed by atoms with Gasteiger partial charge in [-0.25, -0.2) is 0 Å². The summed E-state index contributed by atoms with van der Waals surface area (Å²) in [6.45, 7) is 12.6. The molecule has 1 aliphatic rings. The number of nitrogens with one attached hydrogen (secondary N) is 1. The predicted octanol–water partition coefficient (Wildman–Crippen LogP) is 3.54. The topological polar surface area (TPSA) is 74.0 Å². The average Bonchev–Trinajstić information content (AvgIpc) is 2.83. The van der Waals surface area contributed by atoms with Crippen molar-refractivity contribution < 1.29 is 9.90 Å². The number of amidine groups is 1. The molecule has 1 aliphatic heterocycles. The molecule has 0 aromatic heterocycles. The third-order valence-corrected chi connectivity index (χ3v) is 4.61. The molecule has 0 aliphatic carbocycles. The number of amides is 1. The molecule has 1 fully saturated rings. The Hall–Kier alpha value is -1.82. The molecule has 24 heavy (non-hydrogen) atoms. The zero-order valence-electron chi connectivity index (χ0n) is 15.1. The van der Waals surface area contributed by atoms with Gasteiger partial charge in [0, 0.05) is 11.1 Å². The van der Waals surface area contributed by atoms with Crippen LogP contribution >= 0.6 is 11.8 Å². The molecule has 6 heteroatoms. The summed E-state index contributed by atoms with van der Waals surface area (Å²) in [5, 5.41) is 21.8. The van der Waals surface area contributed by atoms with E-state index in [9.17, 15) is 9.90 Å². The van der Waals surface area contributed by atoms with E-state index in [0.717, 1.165) is 11.1 Å². The molecule has 1 amide bonds. The highest BCUT2D eigenvalue weighted by Gasteiger charge is 2.24. The van der Waals surface area contributed by atoms with Gasteiger partial charge in [0.15, 0.2) is 5.17 Å². The molecule has 2 rings (SSSR count). The van der Waals surface area contributed by atoms with E-state index < -0.39 is 0 Å². The Kier molecular flexibility index (Phi) is 5.08. The predicted molar refractivity (Wildman–Crippen MR) is 101 cm³/mol. The molecular formula is C18H25N3O2S. The van der Waals surface area contributed by atoms with E-state index >= 15 is 0 Å². The van der Waals surface area contributed by atoms with Crippen LogP contribution in [0.2, 0.25) is 0 Å². The molecular weight excluding hydrogens is 322 g/mol. The van der Waals surface area contributed by atoms with Gasteiger partial charge >= 0.3 is 0 Å². The maximum atomic E-state index is 11.1. The van der Waals surface area contributed by atoms with E-state index in [2.05, 4.69) is 63.1 Å². The summed E-state index contributed by atoms with van der Waals surface area (Å²) >= 11 is 1.32. The number of benzene rings is 1. The van der Waals surface area contributed by atoms with Crippen LogP contribution in [0.3, 0.4) is 0 Å². The first-order valence-electron chi connectivity index (χ1n) is 7.90. The molecule has 0 unspecified atom stereocenters. The summed E-state index contributed by atoms with van der Waals surface area (Å²) in [4.78, 5) is 11.1. The molecule has 0 saturated carbocycles. The summed E-state index contributed by atoms with van der Waals surface area (Å²) in [7, 11) is 0. The minimum atomic E-state index is -0.185. The van der Waals surface area contributed by atoms with Crippen LogP contribution in [0.4, 0.5) is 0 Å². The third kappa shape index (κ3) is 4.38. The first-order valence-corrected chi connectivity index (χ1v) is 8.88. The van der Waals surface area contributed by atoms with Crippen molar-refractivity contribution in [3.8, 4) is 5.75 Å². The zero-order chi connectivity index (χ0) is 18.1. The monoisotopic (exact) mass is 347 g/mol. The molecule has 1 heterocycles. The molecule has 1 saturated heterocycles. The molecule has 130 valence electrons. The van der Waals surface area contributed by atoms with Crippen LogP contribution in [-0.4, -0.2) is 28.1 Å². The van der Waals surface area contributed by atoms with Crippen molar-refractivity contribution in [2.24, 2.45) is 10.2 Å².